The van der Waals surface area contributed by atoms with E-state index in [0.717, 1.165) is 6.07 Å². The van der Waals surface area contributed by atoms with Gasteiger partial charge in [0.25, 0.3) is 5.91 Å². The number of amides is 1. The Morgan fingerprint density at radius 2 is 2.00 bits per heavy atom. The zero-order valence-electron chi connectivity index (χ0n) is 10.8. The van der Waals surface area contributed by atoms with Crippen molar-refractivity contribution in [2.45, 2.75) is 19.5 Å². The van der Waals surface area contributed by atoms with E-state index in [9.17, 15) is 18.0 Å². The van der Waals surface area contributed by atoms with Gasteiger partial charge < -0.3 is 4.90 Å². The molecule has 1 amide bonds. The maximum absolute atomic E-state index is 13.0. The van der Waals surface area contributed by atoms with Crippen LogP contribution in [0.15, 0.2) is 22.7 Å². The Morgan fingerprint density at radius 3 is 2.50 bits per heavy atom. The summed E-state index contributed by atoms with van der Waals surface area (Å²) in [7, 11) is 0. The molecule has 2 nitrogen and oxygen atoms in total. The summed E-state index contributed by atoms with van der Waals surface area (Å²) in [4.78, 5) is 13.7. The van der Waals surface area contributed by atoms with Crippen molar-refractivity contribution in [3.8, 4) is 0 Å². The summed E-state index contributed by atoms with van der Waals surface area (Å²) in [5.41, 5.74) is -1.22. The van der Waals surface area contributed by atoms with Crippen LogP contribution in [0.3, 0.4) is 0 Å². The van der Waals surface area contributed by atoms with Crippen molar-refractivity contribution in [1.29, 1.82) is 0 Å². The quantitative estimate of drug-likeness (QED) is 0.636. The number of benzene rings is 1. The lowest BCUT2D eigenvalue weighted by atomic mass is 10.1. The lowest BCUT2D eigenvalue weighted by molar-refractivity contribution is -0.138. The monoisotopic (exact) mass is 415 g/mol. The van der Waals surface area contributed by atoms with Crippen LogP contribution in [0.4, 0.5) is 13.2 Å². The molecule has 0 aliphatic rings. The van der Waals surface area contributed by atoms with Crippen LogP contribution >= 0.6 is 31.9 Å². The Hall–Kier alpha value is -0.560. The number of hydrogen-bond donors (Lipinski definition) is 0. The number of alkyl halides is 4. The van der Waals surface area contributed by atoms with Crippen molar-refractivity contribution >= 4 is 37.8 Å². The predicted molar refractivity (Wildman–Crippen MR) is 79.1 cm³/mol. The van der Waals surface area contributed by atoms with E-state index in [0.29, 0.717) is 29.3 Å². The van der Waals surface area contributed by atoms with Gasteiger partial charge in [-0.05, 0) is 31.5 Å². The number of nitrogens with zero attached hydrogens (tertiary/aromatic N) is 1. The van der Waals surface area contributed by atoms with Crippen LogP contribution in [0, 0.1) is 0 Å². The Kier molecular flexibility index (Phi) is 6.51. The molecule has 112 valence electrons. The average molecular weight is 417 g/mol. The molecule has 0 aliphatic carbocycles. The van der Waals surface area contributed by atoms with Crippen LogP contribution < -0.4 is 0 Å². The molecule has 7 heteroatoms. The summed E-state index contributed by atoms with van der Waals surface area (Å²) in [5, 5.41) is 0.698. The molecule has 0 aliphatic heterocycles. The van der Waals surface area contributed by atoms with E-state index in [4.69, 9.17) is 0 Å². The molecule has 1 aromatic rings. The second kappa shape index (κ2) is 7.45. The minimum absolute atomic E-state index is 0.296. The molecule has 0 radical (unpaired) electrons. The van der Waals surface area contributed by atoms with Crippen molar-refractivity contribution in [2.75, 3.05) is 18.4 Å². The molecule has 0 fully saturated rings. The highest BCUT2D eigenvalue weighted by Crippen LogP contribution is 2.34. The first-order chi connectivity index (χ1) is 9.31. The van der Waals surface area contributed by atoms with Gasteiger partial charge in [-0.25, -0.2) is 0 Å². The molecule has 0 atom stereocenters. The molecule has 20 heavy (non-hydrogen) atoms. The van der Waals surface area contributed by atoms with Gasteiger partial charge >= 0.3 is 6.18 Å². The second-order valence-electron chi connectivity index (χ2n) is 4.12. The first-order valence-corrected chi connectivity index (χ1v) is 7.94. The van der Waals surface area contributed by atoms with Crippen LogP contribution in [0.1, 0.15) is 29.3 Å². The van der Waals surface area contributed by atoms with Gasteiger partial charge in [0, 0.05) is 22.9 Å². The maximum atomic E-state index is 13.0. The highest BCUT2D eigenvalue weighted by atomic mass is 79.9. The molecule has 0 unspecified atom stereocenters. The van der Waals surface area contributed by atoms with Gasteiger partial charge in [-0.3, -0.25) is 4.79 Å². The summed E-state index contributed by atoms with van der Waals surface area (Å²) in [6, 6.07) is 3.60. The normalized spacial score (nSPS) is 11.5. The van der Waals surface area contributed by atoms with Gasteiger partial charge in [0.05, 0.1) is 11.1 Å². The molecule has 0 saturated heterocycles. The standard InChI is InChI=1S/C13H14Br2F3NO/c1-2-19(7-3-6-14)12(20)10-5-4-9(15)8-11(10)13(16,17)18/h4-5,8H,2-3,6-7H2,1H3. The van der Waals surface area contributed by atoms with Crippen LogP contribution in [-0.2, 0) is 6.18 Å². The van der Waals surface area contributed by atoms with Gasteiger partial charge in [0.1, 0.15) is 0 Å². The van der Waals surface area contributed by atoms with Crippen molar-refractivity contribution in [1.82, 2.24) is 4.90 Å². The largest absolute Gasteiger partial charge is 0.417 e. The number of carbonyl (C=O) groups is 1. The van der Waals surface area contributed by atoms with Crippen molar-refractivity contribution in [2.24, 2.45) is 0 Å². The molecule has 0 spiro atoms. The van der Waals surface area contributed by atoms with Crippen LogP contribution in [0.25, 0.3) is 0 Å². The Bertz CT molecular complexity index is 477. The number of hydrogen-bond acceptors (Lipinski definition) is 1. The predicted octanol–water partition coefficient (Wildman–Crippen LogP) is 4.72. The van der Waals surface area contributed by atoms with Crippen molar-refractivity contribution < 1.29 is 18.0 Å². The topological polar surface area (TPSA) is 20.3 Å². The third-order valence-corrected chi connectivity index (χ3v) is 3.80. The lowest BCUT2D eigenvalue weighted by Crippen LogP contribution is -2.33. The maximum Gasteiger partial charge on any atom is 0.417 e. The minimum atomic E-state index is -4.55. The summed E-state index contributed by atoms with van der Waals surface area (Å²) in [6.07, 6.45) is -3.86. The fourth-order valence-corrected chi connectivity index (χ4v) is 2.37. The first-order valence-electron chi connectivity index (χ1n) is 6.03. The van der Waals surface area contributed by atoms with E-state index < -0.39 is 17.6 Å². The van der Waals surface area contributed by atoms with E-state index in [1.807, 2.05) is 0 Å². The van der Waals surface area contributed by atoms with E-state index in [1.54, 1.807) is 6.92 Å². The molecule has 0 aromatic heterocycles. The van der Waals surface area contributed by atoms with Crippen LogP contribution in [0.2, 0.25) is 0 Å². The summed E-state index contributed by atoms with van der Waals surface area (Å²) in [5.74, 6) is -0.590. The average Bonchev–Trinajstić information content (AvgIpc) is 2.38. The third kappa shape index (κ3) is 4.48. The lowest BCUT2D eigenvalue weighted by Gasteiger charge is -2.22. The number of halogens is 5. The van der Waals surface area contributed by atoms with Crippen molar-refractivity contribution in [3.05, 3.63) is 33.8 Å². The minimum Gasteiger partial charge on any atom is -0.339 e. The molecule has 1 rings (SSSR count). The molecule has 0 saturated carbocycles. The fourth-order valence-electron chi connectivity index (χ4n) is 1.76. The van der Waals surface area contributed by atoms with Gasteiger partial charge in [0.15, 0.2) is 0 Å². The fraction of sp³-hybridized carbons (Fsp3) is 0.462. The van der Waals surface area contributed by atoms with Crippen LogP contribution in [0.5, 0.6) is 0 Å². The zero-order valence-corrected chi connectivity index (χ0v) is 14.0. The Labute approximate surface area is 132 Å². The van der Waals surface area contributed by atoms with E-state index in [1.165, 1.54) is 17.0 Å². The molecular formula is C13H14Br2F3NO. The van der Waals surface area contributed by atoms with Gasteiger partial charge in [-0.2, -0.15) is 13.2 Å². The van der Waals surface area contributed by atoms with E-state index in [2.05, 4.69) is 31.9 Å². The molecule has 0 bridgehead atoms. The van der Waals surface area contributed by atoms with Crippen LogP contribution in [-0.4, -0.2) is 29.2 Å². The molecular weight excluding hydrogens is 403 g/mol. The van der Waals surface area contributed by atoms with Gasteiger partial charge in [-0.1, -0.05) is 31.9 Å². The number of carbonyl (C=O) groups excluding carboxylic acids is 1. The van der Waals surface area contributed by atoms with Gasteiger partial charge in [-0.15, -0.1) is 0 Å². The summed E-state index contributed by atoms with van der Waals surface area (Å²) >= 11 is 6.25. The third-order valence-electron chi connectivity index (χ3n) is 2.75. The highest BCUT2D eigenvalue weighted by Gasteiger charge is 2.36. The van der Waals surface area contributed by atoms with Gasteiger partial charge in [0.2, 0.25) is 0 Å². The first kappa shape index (κ1) is 17.5. The number of rotatable bonds is 5. The smallest absolute Gasteiger partial charge is 0.339 e. The van der Waals surface area contributed by atoms with Crippen molar-refractivity contribution in [3.63, 3.8) is 0 Å². The Balaban J connectivity index is 3.14. The molecule has 0 N–H and O–H groups in total. The molecule has 1 aromatic carbocycles. The highest BCUT2D eigenvalue weighted by molar-refractivity contribution is 9.10. The second-order valence-corrected chi connectivity index (χ2v) is 5.82. The summed E-state index contributed by atoms with van der Waals surface area (Å²) in [6.45, 7) is 2.55. The van der Waals surface area contributed by atoms with E-state index in [-0.39, 0.29) is 5.56 Å². The van der Waals surface area contributed by atoms with E-state index >= 15 is 0 Å². The summed E-state index contributed by atoms with van der Waals surface area (Å²) < 4.78 is 39.3. The zero-order chi connectivity index (χ0) is 15.3. The Morgan fingerprint density at radius 1 is 1.35 bits per heavy atom. The molecule has 0 heterocycles. The SMILES string of the molecule is CCN(CCCBr)C(=O)c1ccc(Br)cc1C(F)(F)F.